The van der Waals surface area contributed by atoms with Crippen molar-refractivity contribution >= 4 is 5.91 Å². The van der Waals surface area contributed by atoms with Gasteiger partial charge in [0.2, 0.25) is 0 Å². The summed E-state index contributed by atoms with van der Waals surface area (Å²) < 4.78 is 5.79. The van der Waals surface area contributed by atoms with Crippen molar-refractivity contribution in [3.63, 3.8) is 0 Å². The molecule has 6 heteroatoms. The Labute approximate surface area is 140 Å². The fraction of sp³-hybridized carbons (Fsp3) is 0.444. The number of rotatable bonds is 3. The minimum atomic E-state index is -0.0402. The molecule has 1 saturated carbocycles. The van der Waals surface area contributed by atoms with Crippen molar-refractivity contribution in [3.05, 3.63) is 42.1 Å². The lowest BCUT2D eigenvalue weighted by Crippen LogP contribution is -2.51. The average Bonchev–Trinajstić information content (AvgIpc) is 3.28. The number of aliphatic hydroxyl groups excluding tert-OH is 1. The fourth-order valence-corrected chi connectivity index (χ4v) is 3.79. The van der Waals surface area contributed by atoms with Crippen molar-refractivity contribution in [2.45, 2.75) is 25.0 Å². The maximum atomic E-state index is 12.9. The van der Waals surface area contributed by atoms with E-state index in [1.807, 2.05) is 35.2 Å². The van der Waals surface area contributed by atoms with Crippen LogP contribution in [0.1, 0.15) is 23.3 Å². The highest BCUT2D eigenvalue weighted by Gasteiger charge is 2.43. The molecule has 126 valence electrons. The molecular weight excluding hydrogens is 306 g/mol. The highest BCUT2D eigenvalue weighted by atomic mass is 16.5. The van der Waals surface area contributed by atoms with Gasteiger partial charge >= 0.3 is 0 Å². The Morgan fingerprint density at radius 2 is 2.17 bits per heavy atom. The molecular formula is C18H21N3O3. The van der Waals surface area contributed by atoms with Crippen LogP contribution in [0.5, 0.6) is 0 Å². The van der Waals surface area contributed by atoms with Gasteiger partial charge in [-0.3, -0.25) is 9.89 Å². The van der Waals surface area contributed by atoms with Crippen LogP contribution in [0, 0.1) is 5.92 Å². The average molecular weight is 327 g/mol. The van der Waals surface area contributed by atoms with Gasteiger partial charge in [-0.1, -0.05) is 30.3 Å². The smallest absolute Gasteiger partial charge is 0.272 e. The Balaban J connectivity index is 1.54. The molecule has 4 rings (SSSR count). The van der Waals surface area contributed by atoms with E-state index in [-0.39, 0.29) is 30.6 Å². The van der Waals surface area contributed by atoms with Crippen LogP contribution in [0.3, 0.4) is 0 Å². The maximum absolute atomic E-state index is 12.9. The first-order valence-corrected chi connectivity index (χ1v) is 8.40. The van der Waals surface area contributed by atoms with Crippen LogP contribution < -0.4 is 0 Å². The second-order valence-corrected chi connectivity index (χ2v) is 6.53. The first kappa shape index (κ1) is 15.4. The summed E-state index contributed by atoms with van der Waals surface area (Å²) in [6.45, 7) is 1.28. The van der Waals surface area contributed by atoms with Crippen LogP contribution in [0.2, 0.25) is 0 Å². The lowest BCUT2D eigenvalue weighted by atomic mass is 10.1. The van der Waals surface area contributed by atoms with Gasteiger partial charge in [0.1, 0.15) is 5.69 Å². The first-order valence-electron chi connectivity index (χ1n) is 8.40. The molecule has 3 atom stereocenters. The summed E-state index contributed by atoms with van der Waals surface area (Å²) in [5.41, 5.74) is 2.25. The molecule has 1 aliphatic carbocycles. The highest BCUT2D eigenvalue weighted by molar-refractivity contribution is 5.93. The zero-order chi connectivity index (χ0) is 16.5. The summed E-state index contributed by atoms with van der Waals surface area (Å²) in [5.74, 6) is 0.177. The quantitative estimate of drug-likeness (QED) is 0.899. The lowest BCUT2D eigenvalue weighted by Gasteiger charge is -2.37. The largest absolute Gasteiger partial charge is 0.396 e. The monoisotopic (exact) mass is 327 g/mol. The van der Waals surface area contributed by atoms with Crippen LogP contribution in [-0.2, 0) is 4.74 Å². The van der Waals surface area contributed by atoms with Gasteiger partial charge in [-0.05, 0) is 24.8 Å². The number of carbonyl (C=O) groups is 1. The SMILES string of the molecule is O=C(c1cc(-c2ccccc2)n[nH]1)N1CCO[C@H]2C[C@H](CO)C[C@@H]21. The number of aromatic amines is 1. The van der Waals surface area contributed by atoms with E-state index >= 15 is 0 Å². The second-order valence-electron chi connectivity index (χ2n) is 6.53. The zero-order valence-corrected chi connectivity index (χ0v) is 13.4. The number of benzene rings is 1. The van der Waals surface area contributed by atoms with Crippen molar-refractivity contribution in [2.24, 2.45) is 5.92 Å². The summed E-state index contributed by atoms with van der Waals surface area (Å²) in [7, 11) is 0. The van der Waals surface area contributed by atoms with Gasteiger partial charge in [0.05, 0.1) is 24.4 Å². The Morgan fingerprint density at radius 1 is 1.33 bits per heavy atom. The highest BCUT2D eigenvalue weighted by Crippen LogP contribution is 2.34. The number of amides is 1. The Bertz CT molecular complexity index is 715. The predicted molar refractivity (Wildman–Crippen MR) is 88.4 cm³/mol. The topological polar surface area (TPSA) is 78.5 Å². The van der Waals surface area contributed by atoms with Crippen LogP contribution in [0.4, 0.5) is 0 Å². The number of aromatic nitrogens is 2. The molecule has 1 saturated heterocycles. The standard InChI is InChI=1S/C18H21N3O3/c22-11-12-8-16-17(9-12)24-7-6-21(16)18(23)15-10-14(19-20-15)13-4-2-1-3-5-13/h1-5,10,12,16-17,22H,6-9,11H2,(H,19,20)/t12-,16+,17+/m1/s1. The third-order valence-corrected chi connectivity index (χ3v) is 5.03. The Morgan fingerprint density at radius 3 is 2.96 bits per heavy atom. The summed E-state index contributed by atoms with van der Waals surface area (Å²) in [6, 6.07) is 11.6. The maximum Gasteiger partial charge on any atom is 0.272 e. The van der Waals surface area contributed by atoms with Gasteiger partial charge in [-0.15, -0.1) is 0 Å². The van der Waals surface area contributed by atoms with E-state index in [9.17, 15) is 9.90 Å². The van der Waals surface area contributed by atoms with Gasteiger partial charge in [0.15, 0.2) is 0 Å². The zero-order valence-electron chi connectivity index (χ0n) is 13.4. The van der Waals surface area contributed by atoms with Gasteiger partial charge < -0.3 is 14.7 Å². The van der Waals surface area contributed by atoms with Crippen molar-refractivity contribution < 1.29 is 14.6 Å². The molecule has 0 bridgehead atoms. The van der Waals surface area contributed by atoms with E-state index in [0.717, 1.165) is 24.1 Å². The van der Waals surface area contributed by atoms with E-state index in [1.54, 1.807) is 6.07 Å². The van der Waals surface area contributed by atoms with Gasteiger partial charge in [0, 0.05) is 18.7 Å². The van der Waals surface area contributed by atoms with E-state index in [0.29, 0.717) is 18.8 Å². The van der Waals surface area contributed by atoms with Crippen LogP contribution in [0.25, 0.3) is 11.3 Å². The number of morpholine rings is 1. The minimum absolute atomic E-state index is 0.0383. The van der Waals surface area contributed by atoms with Crippen molar-refractivity contribution in [1.29, 1.82) is 0 Å². The Hall–Kier alpha value is -2.18. The van der Waals surface area contributed by atoms with Crippen LogP contribution in [0.15, 0.2) is 36.4 Å². The van der Waals surface area contributed by atoms with Crippen LogP contribution in [-0.4, -0.2) is 58.0 Å². The molecule has 2 aromatic rings. The number of fused-ring (bicyclic) bond motifs is 1. The summed E-state index contributed by atoms with van der Waals surface area (Å²) in [4.78, 5) is 14.8. The molecule has 0 radical (unpaired) electrons. The first-order chi connectivity index (χ1) is 11.8. The molecule has 0 spiro atoms. The molecule has 2 N–H and O–H groups in total. The van der Waals surface area contributed by atoms with Crippen molar-refractivity contribution in [3.8, 4) is 11.3 Å². The predicted octanol–water partition coefficient (Wildman–Crippen LogP) is 1.69. The summed E-state index contributed by atoms with van der Waals surface area (Å²) >= 11 is 0. The number of carbonyl (C=O) groups excluding carboxylic acids is 1. The van der Waals surface area contributed by atoms with E-state index in [4.69, 9.17) is 4.74 Å². The van der Waals surface area contributed by atoms with Crippen LogP contribution >= 0.6 is 0 Å². The van der Waals surface area contributed by atoms with E-state index < -0.39 is 0 Å². The van der Waals surface area contributed by atoms with E-state index in [2.05, 4.69) is 10.2 Å². The number of ether oxygens (including phenoxy) is 1. The number of hydrogen-bond donors (Lipinski definition) is 2. The second kappa shape index (κ2) is 6.37. The van der Waals surface area contributed by atoms with Gasteiger partial charge in [0.25, 0.3) is 5.91 Å². The third-order valence-electron chi connectivity index (χ3n) is 5.03. The number of nitrogens with one attached hydrogen (secondary N) is 1. The number of aliphatic hydroxyl groups is 1. The molecule has 2 fully saturated rings. The third kappa shape index (κ3) is 2.72. The molecule has 1 amide bonds. The summed E-state index contributed by atoms with van der Waals surface area (Å²) in [6.07, 6.45) is 1.66. The molecule has 1 aliphatic heterocycles. The van der Waals surface area contributed by atoms with Gasteiger partial charge in [-0.2, -0.15) is 5.10 Å². The molecule has 1 aromatic heterocycles. The van der Waals surface area contributed by atoms with Crippen molar-refractivity contribution in [1.82, 2.24) is 15.1 Å². The molecule has 24 heavy (non-hydrogen) atoms. The summed E-state index contributed by atoms with van der Waals surface area (Å²) in [5, 5.41) is 16.6. The fourth-order valence-electron chi connectivity index (χ4n) is 3.79. The Kier molecular flexibility index (Phi) is 4.08. The van der Waals surface area contributed by atoms with Gasteiger partial charge in [-0.25, -0.2) is 0 Å². The number of H-pyrrole nitrogens is 1. The van der Waals surface area contributed by atoms with Crippen molar-refractivity contribution in [2.75, 3.05) is 19.8 Å². The molecule has 2 heterocycles. The number of nitrogens with zero attached hydrogens (tertiary/aromatic N) is 2. The lowest BCUT2D eigenvalue weighted by molar-refractivity contribution is -0.0450. The molecule has 2 aliphatic rings. The van der Waals surface area contributed by atoms with E-state index in [1.165, 1.54) is 0 Å². The molecule has 1 aromatic carbocycles. The molecule has 0 unspecified atom stereocenters. The minimum Gasteiger partial charge on any atom is -0.396 e. The molecule has 6 nitrogen and oxygen atoms in total. The number of hydrogen-bond acceptors (Lipinski definition) is 4. The normalized spacial score (nSPS) is 26.4.